The van der Waals surface area contributed by atoms with E-state index < -0.39 is 0 Å². The molecule has 2 fully saturated rings. The average molecular weight is 168 g/mol. The molecule has 2 rings (SSSR count). The number of nitrogens with two attached hydrogens (primary N) is 1. The van der Waals surface area contributed by atoms with E-state index in [0.717, 1.165) is 38.9 Å². The highest BCUT2D eigenvalue weighted by molar-refractivity contribution is 5.81. The highest BCUT2D eigenvalue weighted by Crippen LogP contribution is 2.33. The molecule has 0 radical (unpaired) electrons. The van der Waals surface area contributed by atoms with Crippen molar-refractivity contribution in [1.29, 1.82) is 0 Å². The van der Waals surface area contributed by atoms with E-state index in [2.05, 4.69) is 0 Å². The Hall–Kier alpha value is -0.570. The second kappa shape index (κ2) is 3.05. The minimum absolute atomic E-state index is 0.392. The fraction of sp³-hybridized carbons (Fsp3) is 0.889. The summed E-state index contributed by atoms with van der Waals surface area (Å²) < 4.78 is 0. The third kappa shape index (κ3) is 1.46. The van der Waals surface area contributed by atoms with Gasteiger partial charge in [-0.25, -0.2) is 0 Å². The van der Waals surface area contributed by atoms with E-state index in [4.69, 9.17) is 5.73 Å². The Morgan fingerprint density at radius 3 is 2.58 bits per heavy atom. The van der Waals surface area contributed by atoms with Gasteiger partial charge >= 0.3 is 0 Å². The molecule has 3 heteroatoms. The number of carbonyl (C=O) groups is 1. The summed E-state index contributed by atoms with van der Waals surface area (Å²) in [7, 11) is 0. The molecule has 0 aromatic heterocycles. The van der Waals surface area contributed by atoms with E-state index in [1.54, 1.807) is 0 Å². The molecule has 1 aliphatic carbocycles. The molecule has 1 saturated carbocycles. The van der Waals surface area contributed by atoms with Crippen LogP contribution in [0.1, 0.15) is 19.3 Å². The summed E-state index contributed by atoms with van der Waals surface area (Å²) in [4.78, 5) is 13.4. The molecule has 68 valence electrons. The van der Waals surface area contributed by atoms with Gasteiger partial charge in [-0.2, -0.15) is 0 Å². The fourth-order valence-electron chi connectivity index (χ4n) is 1.76. The number of rotatable bonds is 3. The van der Waals surface area contributed by atoms with Crippen molar-refractivity contribution in [1.82, 2.24) is 4.90 Å². The van der Waals surface area contributed by atoms with Gasteiger partial charge < -0.3 is 10.6 Å². The van der Waals surface area contributed by atoms with Crippen molar-refractivity contribution in [3.05, 3.63) is 0 Å². The van der Waals surface area contributed by atoms with Gasteiger partial charge in [-0.05, 0) is 31.7 Å². The second-order valence-electron chi connectivity index (χ2n) is 3.96. The molecule has 1 saturated heterocycles. The van der Waals surface area contributed by atoms with Crippen LogP contribution < -0.4 is 5.73 Å². The summed E-state index contributed by atoms with van der Waals surface area (Å²) in [5.74, 6) is 1.48. The zero-order chi connectivity index (χ0) is 8.55. The van der Waals surface area contributed by atoms with E-state index in [1.807, 2.05) is 4.90 Å². The molecule has 12 heavy (non-hydrogen) atoms. The maximum Gasteiger partial charge on any atom is 0.225 e. The zero-order valence-electron chi connectivity index (χ0n) is 7.33. The lowest BCUT2D eigenvalue weighted by Gasteiger charge is -2.39. The Morgan fingerprint density at radius 2 is 2.08 bits per heavy atom. The predicted molar refractivity (Wildman–Crippen MR) is 46.5 cm³/mol. The Morgan fingerprint density at radius 1 is 1.42 bits per heavy atom. The van der Waals surface area contributed by atoms with Crippen LogP contribution in [-0.2, 0) is 4.79 Å². The number of nitrogens with zero attached hydrogens (tertiary/aromatic N) is 1. The topological polar surface area (TPSA) is 46.3 Å². The van der Waals surface area contributed by atoms with Crippen molar-refractivity contribution in [3.8, 4) is 0 Å². The molecule has 1 aliphatic heterocycles. The third-order valence-corrected chi connectivity index (χ3v) is 2.77. The molecule has 2 aliphatic rings. The number of amides is 1. The first-order valence-electron chi connectivity index (χ1n) is 4.80. The van der Waals surface area contributed by atoms with Crippen molar-refractivity contribution in [2.24, 2.45) is 17.6 Å². The SMILES string of the molecule is NCCC1CN(C(=O)C2CC2)C1. The molecule has 0 unspecified atom stereocenters. The molecule has 3 nitrogen and oxygen atoms in total. The Labute approximate surface area is 72.9 Å². The van der Waals surface area contributed by atoms with Gasteiger partial charge in [-0.15, -0.1) is 0 Å². The van der Waals surface area contributed by atoms with Crippen LogP contribution in [0.4, 0.5) is 0 Å². The highest BCUT2D eigenvalue weighted by Gasteiger charge is 2.38. The van der Waals surface area contributed by atoms with Crippen molar-refractivity contribution in [2.75, 3.05) is 19.6 Å². The maximum atomic E-state index is 11.4. The molecule has 0 spiro atoms. The third-order valence-electron chi connectivity index (χ3n) is 2.77. The van der Waals surface area contributed by atoms with E-state index >= 15 is 0 Å². The summed E-state index contributed by atoms with van der Waals surface area (Å²) in [6.07, 6.45) is 3.32. The molecule has 0 bridgehead atoms. The van der Waals surface area contributed by atoms with E-state index in [1.165, 1.54) is 0 Å². The van der Waals surface area contributed by atoms with Crippen LogP contribution in [0.25, 0.3) is 0 Å². The minimum atomic E-state index is 0.392. The monoisotopic (exact) mass is 168 g/mol. The molecule has 1 amide bonds. The van der Waals surface area contributed by atoms with Crippen LogP contribution in [0.2, 0.25) is 0 Å². The first kappa shape index (κ1) is 8.05. The fourth-order valence-corrected chi connectivity index (χ4v) is 1.76. The Balaban J connectivity index is 1.69. The van der Waals surface area contributed by atoms with Gasteiger partial charge in [0.15, 0.2) is 0 Å². The summed E-state index contributed by atoms with van der Waals surface area (Å²) >= 11 is 0. The maximum absolute atomic E-state index is 11.4. The molecular formula is C9H16N2O. The standard InChI is InChI=1S/C9H16N2O/c10-4-3-7-5-11(6-7)9(12)8-1-2-8/h7-8H,1-6,10H2. The number of hydrogen-bond donors (Lipinski definition) is 1. The number of hydrogen-bond acceptors (Lipinski definition) is 2. The summed E-state index contributed by atoms with van der Waals surface area (Å²) in [5.41, 5.74) is 5.43. The lowest BCUT2D eigenvalue weighted by atomic mass is 9.96. The second-order valence-corrected chi connectivity index (χ2v) is 3.96. The highest BCUT2D eigenvalue weighted by atomic mass is 16.2. The minimum Gasteiger partial charge on any atom is -0.342 e. The number of likely N-dealkylation sites (tertiary alicyclic amines) is 1. The van der Waals surface area contributed by atoms with Crippen LogP contribution in [0, 0.1) is 11.8 Å². The van der Waals surface area contributed by atoms with Crippen molar-refractivity contribution in [3.63, 3.8) is 0 Å². The normalized spacial score (nSPS) is 23.9. The first-order valence-corrected chi connectivity index (χ1v) is 4.80. The van der Waals surface area contributed by atoms with Gasteiger partial charge in [0.25, 0.3) is 0 Å². The van der Waals surface area contributed by atoms with Crippen molar-refractivity contribution >= 4 is 5.91 Å². The van der Waals surface area contributed by atoms with Crippen LogP contribution in [0.3, 0.4) is 0 Å². The lowest BCUT2D eigenvalue weighted by molar-refractivity contribution is -0.139. The summed E-state index contributed by atoms with van der Waals surface area (Å²) in [5, 5.41) is 0. The van der Waals surface area contributed by atoms with Gasteiger partial charge in [0.2, 0.25) is 5.91 Å². The Bertz CT molecular complexity index is 183. The zero-order valence-corrected chi connectivity index (χ0v) is 7.33. The van der Waals surface area contributed by atoms with Crippen LogP contribution in [-0.4, -0.2) is 30.4 Å². The van der Waals surface area contributed by atoms with Crippen molar-refractivity contribution in [2.45, 2.75) is 19.3 Å². The van der Waals surface area contributed by atoms with Gasteiger partial charge in [-0.1, -0.05) is 0 Å². The van der Waals surface area contributed by atoms with Crippen LogP contribution in [0.5, 0.6) is 0 Å². The quantitative estimate of drug-likeness (QED) is 0.654. The molecular weight excluding hydrogens is 152 g/mol. The van der Waals surface area contributed by atoms with Gasteiger partial charge in [0.05, 0.1) is 0 Å². The molecule has 2 N–H and O–H groups in total. The largest absolute Gasteiger partial charge is 0.342 e. The average Bonchev–Trinajstić information content (AvgIpc) is 2.76. The molecule has 0 aromatic rings. The summed E-state index contributed by atoms with van der Waals surface area (Å²) in [6.45, 7) is 2.69. The van der Waals surface area contributed by atoms with Gasteiger partial charge in [0.1, 0.15) is 0 Å². The molecule has 0 aromatic carbocycles. The van der Waals surface area contributed by atoms with Crippen LogP contribution in [0.15, 0.2) is 0 Å². The number of carbonyl (C=O) groups excluding carboxylic acids is 1. The smallest absolute Gasteiger partial charge is 0.225 e. The van der Waals surface area contributed by atoms with Crippen molar-refractivity contribution < 1.29 is 4.79 Å². The summed E-state index contributed by atoms with van der Waals surface area (Å²) in [6, 6.07) is 0. The van der Waals surface area contributed by atoms with E-state index in [0.29, 0.717) is 17.7 Å². The van der Waals surface area contributed by atoms with E-state index in [-0.39, 0.29) is 0 Å². The van der Waals surface area contributed by atoms with E-state index in [9.17, 15) is 4.79 Å². The Kier molecular flexibility index (Phi) is 2.05. The van der Waals surface area contributed by atoms with Crippen LogP contribution >= 0.6 is 0 Å². The predicted octanol–water partition coefficient (Wildman–Crippen LogP) is 0.204. The van der Waals surface area contributed by atoms with Gasteiger partial charge in [0, 0.05) is 19.0 Å². The molecule has 1 heterocycles. The first-order chi connectivity index (χ1) is 5.81. The molecule has 0 atom stereocenters. The van der Waals surface area contributed by atoms with Gasteiger partial charge in [-0.3, -0.25) is 4.79 Å². The lowest BCUT2D eigenvalue weighted by Crippen LogP contribution is -2.51.